The number of ether oxygens (including phenoxy) is 1. The minimum absolute atomic E-state index is 0.0879. The van der Waals surface area contributed by atoms with Gasteiger partial charge in [0.25, 0.3) is 0 Å². The van der Waals surface area contributed by atoms with Crippen molar-refractivity contribution >= 4 is 11.6 Å². The van der Waals surface area contributed by atoms with Gasteiger partial charge >= 0.3 is 6.18 Å². The molecule has 2 N–H and O–H groups in total. The molecule has 0 aliphatic carbocycles. The van der Waals surface area contributed by atoms with Crippen LogP contribution in [-0.2, 0) is 21.5 Å². The van der Waals surface area contributed by atoms with Crippen LogP contribution in [0, 0.1) is 5.82 Å². The molecule has 0 amide bonds. The summed E-state index contributed by atoms with van der Waals surface area (Å²) >= 11 is 0. The Hall–Kier alpha value is -1.96. The summed E-state index contributed by atoms with van der Waals surface area (Å²) in [7, 11) is 0. The molecule has 1 aromatic carbocycles. The molecule has 0 bridgehead atoms. The quantitative estimate of drug-likeness (QED) is 0.862. The first-order valence-electron chi connectivity index (χ1n) is 6.88. The Kier molecular flexibility index (Phi) is 4.74. The number of halogens is 4. The Morgan fingerprint density at radius 2 is 2.13 bits per heavy atom. The number of ketones is 1. The van der Waals surface area contributed by atoms with Crippen LogP contribution in [-0.4, -0.2) is 31.0 Å². The van der Waals surface area contributed by atoms with Crippen molar-refractivity contribution in [2.45, 2.75) is 31.5 Å². The Morgan fingerprint density at radius 1 is 1.43 bits per heavy atom. The van der Waals surface area contributed by atoms with E-state index in [1.807, 2.05) is 0 Å². The number of amidine groups is 1. The van der Waals surface area contributed by atoms with Crippen LogP contribution in [0.4, 0.5) is 17.6 Å². The Labute approximate surface area is 130 Å². The molecule has 1 aliphatic heterocycles. The van der Waals surface area contributed by atoms with Crippen LogP contribution in [0.1, 0.15) is 24.5 Å². The molecule has 1 heterocycles. The topological polar surface area (TPSA) is 64.7 Å². The van der Waals surface area contributed by atoms with Crippen LogP contribution in [0.25, 0.3) is 0 Å². The van der Waals surface area contributed by atoms with Crippen LogP contribution >= 0.6 is 0 Å². The zero-order valence-corrected chi connectivity index (χ0v) is 12.4. The number of alkyl halides is 3. The van der Waals surface area contributed by atoms with Gasteiger partial charge in [-0.25, -0.2) is 4.39 Å². The fraction of sp³-hybridized carbons (Fsp3) is 0.467. The third-order valence-electron chi connectivity index (χ3n) is 3.43. The standard InChI is InChI=1S/C15H16F4N2O2/c1-14(8-23-7-13(20)21-14)11-5-9(2-3-12(11)16)4-10(22)6-15(17,18)19/h2-3,5H,4,6-8H2,1H3,(H2,20,21). The van der Waals surface area contributed by atoms with Gasteiger partial charge in [-0.3, -0.25) is 9.79 Å². The van der Waals surface area contributed by atoms with Crippen molar-refractivity contribution in [3.8, 4) is 0 Å². The van der Waals surface area contributed by atoms with E-state index in [1.54, 1.807) is 6.92 Å². The van der Waals surface area contributed by atoms with Crippen molar-refractivity contribution < 1.29 is 27.1 Å². The number of nitrogens with two attached hydrogens (primary N) is 1. The van der Waals surface area contributed by atoms with Crippen molar-refractivity contribution in [1.82, 2.24) is 0 Å². The summed E-state index contributed by atoms with van der Waals surface area (Å²) in [6, 6.07) is 3.74. The van der Waals surface area contributed by atoms with E-state index in [1.165, 1.54) is 12.1 Å². The molecular formula is C15H16F4N2O2. The van der Waals surface area contributed by atoms with Crippen molar-refractivity contribution in [2.75, 3.05) is 13.2 Å². The zero-order chi connectivity index (χ0) is 17.3. The van der Waals surface area contributed by atoms with E-state index in [4.69, 9.17) is 10.5 Å². The minimum Gasteiger partial charge on any atom is -0.386 e. The highest BCUT2D eigenvalue weighted by Gasteiger charge is 2.34. The van der Waals surface area contributed by atoms with E-state index in [9.17, 15) is 22.4 Å². The molecule has 1 aromatic rings. The van der Waals surface area contributed by atoms with Crippen molar-refractivity contribution in [3.63, 3.8) is 0 Å². The second-order valence-corrected chi connectivity index (χ2v) is 5.69. The van der Waals surface area contributed by atoms with Gasteiger partial charge in [-0.1, -0.05) is 6.07 Å². The maximum absolute atomic E-state index is 14.1. The first-order chi connectivity index (χ1) is 10.6. The summed E-state index contributed by atoms with van der Waals surface area (Å²) in [4.78, 5) is 15.6. The summed E-state index contributed by atoms with van der Waals surface area (Å²) in [5, 5.41) is 0. The fourth-order valence-electron chi connectivity index (χ4n) is 2.48. The number of carbonyl (C=O) groups excluding carboxylic acids is 1. The molecule has 0 radical (unpaired) electrons. The highest BCUT2D eigenvalue weighted by molar-refractivity contribution is 5.83. The second-order valence-electron chi connectivity index (χ2n) is 5.69. The van der Waals surface area contributed by atoms with Crippen molar-refractivity contribution in [1.29, 1.82) is 0 Å². The average Bonchev–Trinajstić information content (AvgIpc) is 2.38. The summed E-state index contributed by atoms with van der Waals surface area (Å²) in [5.74, 6) is -1.36. The number of Topliss-reactive ketones (excluding diaryl/α,β-unsaturated/α-hetero) is 1. The number of aliphatic imine (C=N–C) groups is 1. The van der Waals surface area contributed by atoms with E-state index in [2.05, 4.69) is 4.99 Å². The van der Waals surface area contributed by atoms with Gasteiger partial charge in [0.15, 0.2) is 0 Å². The largest absolute Gasteiger partial charge is 0.395 e. The molecule has 0 saturated heterocycles. The lowest BCUT2D eigenvalue weighted by molar-refractivity contribution is -0.151. The molecule has 2 rings (SSSR count). The second kappa shape index (κ2) is 6.27. The minimum atomic E-state index is -4.55. The highest BCUT2D eigenvalue weighted by Crippen LogP contribution is 2.31. The lowest BCUT2D eigenvalue weighted by atomic mass is 9.90. The van der Waals surface area contributed by atoms with Crippen LogP contribution in [0.3, 0.4) is 0 Å². The third kappa shape index (κ3) is 4.51. The van der Waals surface area contributed by atoms with Crippen LogP contribution in [0.2, 0.25) is 0 Å². The monoisotopic (exact) mass is 332 g/mol. The van der Waals surface area contributed by atoms with Crippen molar-refractivity contribution in [2.24, 2.45) is 10.7 Å². The van der Waals surface area contributed by atoms with Crippen LogP contribution in [0.15, 0.2) is 23.2 Å². The average molecular weight is 332 g/mol. The third-order valence-corrected chi connectivity index (χ3v) is 3.43. The predicted molar refractivity (Wildman–Crippen MR) is 75.6 cm³/mol. The lowest BCUT2D eigenvalue weighted by Crippen LogP contribution is -2.38. The first-order valence-corrected chi connectivity index (χ1v) is 6.88. The molecule has 0 aromatic heterocycles. The first kappa shape index (κ1) is 17.4. The van der Waals surface area contributed by atoms with Gasteiger partial charge in [0.05, 0.1) is 6.61 Å². The van der Waals surface area contributed by atoms with Crippen molar-refractivity contribution in [3.05, 3.63) is 35.1 Å². The van der Waals surface area contributed by atoms with E-state index < -0.39 is 36.2 Å². The summed E-state index contributed by atoms with van der Waals surface area (Å²) in [5.41, 5.74) is 4.96. The molecular weight excluding hydrogens is 316 g/mol. The highest BCUT2D eigenvalue weighted by atomic mass is 19.4. The SMILES string of the molecule is CC1(c2cc(CC(=O)CC(F)(F)F)ccc2F)COCC(N)=N1. The Morgan fingerprint density at radius 3 is 2.74 bits per heavy atom. The Bertz CT molecular complexity index is 643. The van der Waals surface area contributed by atoms with Gasteiger partial charge in [-0.2, -0.15) is 13.2 Å². The molecule has 23 heavy (non-hydrogen) atoms. The summed E-state index contributed by atoms with van der Waals surface area (Å²) in [6.45, 7) is 1.84. The van der Waals surface area contributed by atoms with Gasteiger partial charge in [0.1, 0.15) is 36.0 Å². The van der Waals surface area contributed by atoms with Gasteiger partial charge < -0.3 is 10.5 Å². The maximum Gasteiger partial charge on any atom is 0.395 e. The van der Waals surface area contributed by atoms with Gasteiger partial charge in [0.2, 0.25) is 0 Å². The van der Waals surface area contributed by atoms with E-state index in [-0.39, 0.29) is 30.2 Å². The number of rotatable bonds is 4. The maximum atomic E-state index is 14.1. The molecule has 0 saturated carbocycles. The van der Waals surface area contributed by atoms with E-state index in [0.717, 1.165) is 6.07 Å². The molecule has 8 heteroatoms. The molecule has 1 unspecified atom stereocenters. The van der Waals surface area contributed by atoms with Crippen LogP contribution < -0.4 is 5.73 Å². The number of carbonyl (C=O) groups is 1. The molecule has 1 aliphatic rings. The normalized spacial score (nSPS) is 21.9. The summed E-state index contributed by atoms with van der Waals surface area (Å²) < 4.78 is 56.0. The number of hydrogen-bond acceptors (Lipinski definition) is 4. The zero-order valence-electron chi connectivity index (χ0n) is 12.4. The predicted octanol–water partition coefficient (Wildman–Crippen LogP) is 2.49. The molecule has 4 nitrogen and oxygen atoms in total. The molecule has 0 fully saturated rings. The number of nitrogens with zero attached hydrogens (tertiary/aromatic N) is 1. The van der Waals surface area contributed by atoms with E-state index >= 15 is 0 Å². The molecule has 126 valence electrons. The van der Waals surface area contributed by atoms with Crippen LogP contribution in [0.5, 0.6) is 0 Å². The number of hydrogen-bond donors (Lipinski definition) is 1. The fourth-order valence-corrected chi connectivity index (χ4v) is 2.48. The number of benzene rings is 1. The van der Waals surface area contributed by atoms with Gasteiger partial charge in [-0.15, -0.1) is 0 Å². The molecule has 1 atom stereocenters. The lowest BCUT2D eigenvalue weighted by Gasteiger charge is -2.30. The Balaban J connectivity index is 2.26. The molecule has 0 spiro atoms. The van der Waals surface area contributed by atoms with Gasteiger partial charge in [-0.05, 0) is 24.6 Å². The van der Waals surface area contributed by atoms with E-state index in [0.29, 0.717) is 0 Å². The summed E-state index contributed by atoms with van der Waals surface area (Å²) in [6.07, 6.45) is -6.49. The van der Waals surface area contributed by atoms with Gasteiger partial charge in [0, 0.05) is 12.0 Å². The smallest absolute Gasteiger partial charge is 0.386 e.